The van der Waals surface area contributed by atoms with Crippen LogP contribution in [0.25, 0.3) is 0 Å². The van der Waals surface area contributed by atoms with Crippen LogP contribution in [-0.2, 0) is 4.79 Å². The molecule has 1 aromatic rings. The maximum atomic E-state index is 12.4. The maximum absolute atomic E-state index is 12.4. The molecule has 1 aliphatic carbocycles. The zero-order valence-electron chi connectivity index (χ0n) is 12.3. The maximum Gasteiger partial charge on any atom is 0.323 e. The highest BCUT2D eigenvalue weighted by molar-refractivity contribution is 5.96. The molecule has 5 nitrogen and oxygen atoms in total. The van der Waals surface area contributed by atoms with Crippen LogP contribution in [0, 0.1) is 6.92 Å². The molecular formula is C16H22N2O3. The number of carboxylic acids is 1. The molecule has 5 heteroatoms. The number of hydrogen-bond donors (Lipinski definition) is 2. The van der Waals surface area contributed by atoms with Crippen LogP contribution in [0.3, 0.4) is 0 Å². The lowest BCUT2D eigenvalue weighted by molar-refractivity contribution is -0.135. The molecule has 21 heavy (non-hydrogen) atoms. The summed E-state index contributed by atoms with van der Waals surface area (Å²) in [5, 5.41) is 12.0. The number of anilines is 1. The lowest BCUT2D eigenvalue weighted by Crippen LogP contribution is -2.47. The predicted molar refractivity (Wildman–Crippen MR) is 81.6 cm³/mol. The number of nitrogens with one attached hydrogen (secondary N) is 1. The van der Waals surface area contributed by atoms with Crippen LogP contribution in [0.2, 0.25) is 0 Å². The zero-order chi connectivity index (χ0) is 15.2. The highest BCUT2D eigenvalue weighted by Crippen LogP contribution is 2.19. The van der Waals surface area contributed by atoms with Gasteiger partial charge in [0.25, 0.3) is 0 Å². The van der Waals surface area contributed by atoms with Gasteiger partial charge in [0.1, 0.15) is 6.54 Å². The van der Waals surface area contributed by atoms with Gasteiger partial charge < -0.3 is 10.4 Å². The molecule has 2 N–H and O–H groups in total. The standard InChI is InChI=1S/C16H22N2O3/c1-12-7-9-14(10-8-12)18(11-15(19)20)16(21)17-13-5-3-2-4-6-13/h7-10,13H,2-6,11H2,1H3,(H,17,21)(H,19,20). The van der Waals surface area contributed by atoms with E-state index in [1.54, 1.807) is 12.1 Å². The summed E-state index contributed by atoms with van der Waals surface area (Å²) < 4.78 is 0. The van der Waals surface area contributed by atoms with Crippen molar-refractivity contribution in [3.05, 3.63) is 29.8 Å². The van der Waals surface area contributed by atoms with E-state index in [-0.39, 0.29) is 18.6 Å². The van der Waals surface area contributed by atoms with Crippen molar-refractivity contribution < 1.29 is 14.7 Å². The van der Waals surface area contributed by atoms with E-state index in [2.05, 4.69) is 5.32 Å². The molecule has 0 heterocycles. The Labute approximate surface area is 125 Å². The summed E-state index contributed by atoms with van der Waals surface area (Å²) in [4.78, 5) is 24.7. The summed E-state index contributed by atoms with van der Waals surface area (Å²) in [7, 11) is 0. The van der Waals surface area contributed by atoms with E-state index in [1.807, 2.05) is 19.1 Å². The van der Waals surface area contributed by atoms with Gasteiger partial charge in [-0.1, -0.05) is 37.0 Å². The first-order chi connectivity index (χ1) is 10.1. The van der Waals surface area contributed by atoms with Gasteiger partial charge in [-0.3, -0.25) is 9.69 Å². The van der Waals surface area contributed by atoms with E-state index in [9.17, 15) is 9.59 Å². The second-order valence-electron chi connectivity index (χ2n) is 5.60. The molecule has 0 unspecified atom stereocenters. The Balaban J connectivity index is 2.08. The van der Waals surface area contributed by atoms with Gasteiger partial charge >= 0.3 is 12.0 Å². The van der Waals surface area contributed by atoms with Crippen molar-refractivity contribution in [2.75, 3.05) is 11.4 Å². The fraction of sp³-hybridized carbons (Fsp3) is 0.500. The van der Waals surface area contributed by atoms with Crippen molar-refractivity contribution >= 4 is 17.7 Å². The number of hydrogen-bond acceptors (Lipinski definition) is 2. The SMILES string of the molecule is Cc1ccc(N(CC(=O)O)C(=O)NC2CCCCC2)cc1. The van der Waals surface area contributed by atoms with Crippen LogP contribution < -0.4 is 10.2 Å². The fourth-order valence-corrected chi connectivity index (χ4v) is 2.64. The van der Waals surface area contributed by atoms with E-state index in [0.717, 1.165) is 31.2 Å². The third-order valence-electron chi connectivity index (χ3n) is 3.82. The molecule has 0 saturated heterocycles. The molecule has 1 aromatic carbocycles. The third-order valence-corrected chi connectivity index (χ3v) is 3.82. The number of benzene rings is 1. The molecule has 1 fully saturated rings. The number of rotatable bonds is 4. The minimum absolute atomic E-state index is 0.160. The lowest BCUT2D eigenvalue weighted by Gasteiger charge is -2.27. The molecule has 0 aliphatic heterocycles. The van der Waals surface area contributed by atoms with E-state index < -0.39 is 5.97 Å². The Morgan fingerprint density at radius 3 is 2.38 bits per heavy atom. The minimum atomic E-state index is -1.02. The highest BCUT2D eigenvalue weighted by Gasteiger charge is 2.22. The van der Waals surface area contributed by atoms with E-state index >= 15 is 0 Å². The summed E-state index contributed by atoms with van der Waals surface area (Å²) in [5.41, 5.74) is 1.68. The van der Waals surface area contributed by atoms with Crippen LogP contribution in [0.1, 0.15) is 37.7 Å². The average Bonchev–Trinajstić information content (AvgIpc) is 2.46. The first kappa shape index (κ1) is 15.4. The minimum Gasteiger partial charge on any atom is -0.480 e. The second kappa shape index (κ2) is 7.11. The van der Waals surface area contributed by atoms with Crippen molar-refractivity contribution in [1.82, 2.24) is 5.32 Å². The van der Waals surface area contributed by atoms with Gasteiger partial charge in [0, 0.05) is 11.7 Å². The Hall–Kier alpha value is -2.04. The van der Waals surface area contributed by atoms with Gasteiger partial charge in [-0.2, -0.15) is 0 Å². The number of amides is 2. The Bertz CT molecular complexity index is 493. The molecule has 0 spiro atoms. The van der Waals surface area contributed by atoms with Gasteiger partial charge in [0.2, 0.25) is 0 Å². The molecule has 0 radical (unpaired) electrons. The quantitative estimate of drug-likeness (QED) is 0.895. The number of carboxylic acid groups (broad SMARTS) is 1. The van der Waals surface area contributed by atoms with Crippen LogP contribution in [-0.4, -0.2) is 29.7 Å². The van der Waals surface area contributed by atoms with Crippen LogP contribution >= 0.6 is 0 Å². The van der Waals surface area contributed by atoms with Crippen LogP contribution in [0.5, 0.6) is 0 Å². The van der Waals surface area contributed by atoms with Crippen LogP contribution in [0.4, 0.5) is 10.5 Å². The van der Waals surface area contributed by atoms with Crippen molar-refractivity contribution in [3.63, 3.8) is 0 Å². The van der Waals surface area contributed by atoms with Gasteiger partial charge in [0.05, 0.1) is 0 Å². The summed E-state index contributed by atoms with van der Waals surface area (Å²) in [6.45, 7) is 1.62. The van der Waals surface area contributed by atoms with E-state index in [4.69, 9.17) is 5.11 Å². The van der Waals surface area contributed by atoms with Crippen molar-refractivity contribution in [2.45, 2.75) is 45.1 Å². The Kier molecular flexibility index (Phi) is 5.20. The fourth-order valence-electron chi connectivity index (χ4n) is 2.64. The molecule has 2 rings (SSSR count). The van der Waals surface area contributed by atoms with E-state index in [0.29, 0.717) is 5.69 Å². The third kappa shape index (κ3) is 4.48. The number of aryl methyl sites for hydroxylation is 1. The van der Waals surface area contributed by atoms with E-state index in [1.165, 1.54) is 11.3 Å². The zero-order valence-corrected chi connectivity index (χ0v) is 12.3. The largest absolute Gasteiger partial charge is 0.480 e. The average molecular weight is 290 g/mol. The smallest absolute Gasteiger partial charge is 0.323 e. The van der Waals surface area contributed by atoms with Gasteiger partial charge in [-0.05, 0) is 31.9 Å². The molecule has 114 valence electrons. The number of carbonyl (C=O) groups is 2. The van der Waals surface area contributed by atoms with Crippen molar-refractivity contribution in [1.29, 1.82) is 0 Å². The summed E-state index contributed by atoms with van der Waals surface area (Å²) in [5.74, 6) is -1.02. The van der Waals surface area contributed by atoms with Crippen molar-refractivity contribution in [3.8, 4) is 0 Å². The van der Waals surface area contributed by atoms with Crippen molar-refractivity contribution in [2.24, 2.45) is 0 Å². The first-order valence-corrected chi connectivity index (χ1v) is 7.43. The number of urea groups is 1. The van der Waals surface area contributed by atoms with Gasteiger partial charge in [0.15, 0.2) is 0 Å². The molecule has 1 aliphatic rings. The molecule has 0 atom stereocenters. The predicted octanol–water partition coefficient (Wildman–Crippen LogP) is 2.93. The van der Waals surface area contributed by atoms with Crippen LogP contribution in [0.15, 0.2) is 24.3 Å². The number of carbonyl (C=O) groups excluding carboxylic acids is 1. The summed E-state index contributed by atoms with van der Waals surface area (Å²) in [6.07, 6.45) is 5.40. The Morgan fingerprint density at radius 2 is 1.81 bits per heavy atom. The second-order valence-corrected chi connectivity index (χ2v) is 5.60. The lowest BCUT2D eigenvalue weighted by atomic mass is 9.96. The highest BCUT2D eigenvalue weighted by atomic mass is 16.4. The van der Waals surface area contributed by atoms with Gasteiger partial charge in [-0.15, -0.1) is 0 Å². The normalized spacial score (nSPS) is 15.5. The first-order valence-electron chi connectivity index (χ1n) is 7.43. The number of aliphatic carboxylic acids is 1. The molecule has 0 aromatic heterocycles. The summed E-state index contributed by atoms with van der Waals surface area (Å²) in [6, 6.07) is 7.13. The summed E-state index contributed by atoms with van der Waals surface area (Å²) >= 11 is 0. The molecule has 0 bridgehead atoms. The molecule has 2 amide bonds. The molecular weight excluding hydrogens is 268 g/mol. The molecule has 1 saturated carbocycles. The topological polar surface area (TPSA) is 69.6 Å². The monoisotopic (exact) mass is 290 g/mol. The number of nitrogens with zero attached hydrogens (tertiary/aromatic N) is 1. The van der Waals surface area contributed by atoms with Gasteiger partial charge in [-0.25, -0.2) is 4.79 Å². The Morgan fingerprint density at radius 1 is 1.19 bits per heavy atom.